The summed E-state index contributed by atoms with van der Waals surface area (Å²) in [4.78, 5) is 0. The Labute approximate surface area is 98.8 Å². The summed E-state index contributed by atoms with van der Waals surface area (Å²) in [5.74, 6) is 1.78. The van der Waals surface area contributed by atoms with Crippen LogP contribution < -0.4 is 4.74 Å². The normalized spacial score (nSPS) is 14.9. The molecule has 0 saturated heterocycles. The largest absolute Gasteiger partial charge is 0.494 e. The molecule has 1 nitrogen and oxygen atoms in total. The quantitative estimate of drug-likeness (QED) is 0.742. The Morgan fingerprint density at radius 2 is 1.88 bits per heavy atom. The van der Waals surface area contributed by atoms with Crippen LogP contribution in [0.25, 0.3) is 0 Å². The zero-order chi connectivity index (χ0) is 11.4. The van der Waals surface area contributed by atoms with E-state index in [4.69, 9.17) is 4.74 Å². The fourth-order valence-corrected chi connectivity index (χ4v) is 2.21. The van der Waals surface area contributed by atoms with Gasteiger partial charge in [-0.2, -0.15) is 0 Å². The second-order valence-corrected chi connectivity index (χ2v) is 5.17. The van der Waals surface area contributed by atoms with Crippen molar-refractivity contribution in [3.05, 3.63) is 29.3 Å². The third-order valence-corrected chi connectivity index (χ3v) is 3.28. The first-order valence-corrected chi connectivity index (χ1v) is 6.50. The number of aryl methyl sites for hydroxylation is 2. The van der Waals surface area contributed by atoms with Crippen molar-refractivity contribution in [3.63, 3.8) is 0 Å². The molecule has 0 heterocycles. The Morgan fingerprint density at radius 1 is 1.12 bits per heavy atom. The highest BCUT2D eigenvalue weighted by atomic mass is 16.5. The van der Waals surface area contributed by atoms with Crippen molar-refractivity contribution in [1.82, 2.24) is 0 Å². The highest BCUT2D eigenvalue weighted by Crippen LogP contribution is 2.25. The Morgan fingerprint density at radius 3 is 2.62 bits per heavy atom. The molecule has 0 unspecified atom stereocenters. The van der Waals surface area contributed by atoms with Gasteiger partial charge in [0.15, 0.2) is 0 Å². The van der Waals surface area contributed by atoms with E-state index >= 15 is 0 Å². The molecular formula is C15H22O. The van der Waals surface area contributed by atoms with Crippen LogP contribution in [0.15, 0.2) is 18.2 Å². The van der Waals surface area contributed by atoms with Crippen LogP contribution in [0.1, 0.15) is 44.2 Å². The zero-order valence-corrected chi connectivity index (χ0v) is 10.5. The van der Waals surface area contributed by atoms with Gasteiger partial charge < -0.3 is 4.74 Å². The number of hydrogen-bond acceptors (Lipinski definition) is 1. The predicted octanol–water partition coefficient (Wildman–Crippen LogP) is 3.99. The number of hydrogen-bond donors (Lipinski definition) is 0. The molecule has 16 heavy (non-hydrogen) atoms. The lowest BCUT2D eigenvalue weighted by Crippen LogP contribution is -2.05. The van der Waals surface area contributed by atoms with Gasteiger partial charge in [-0.05, 0) is 61.3 Å². The van der Waals surface area contributed by atoms with Crippen molar-refractivity contribution < 1.29 is 4.74 Å². The highest BCUT2D eigenvalue weighted by molar-refractivity contribution is 5.37. The molecule has 0 bridgehead atoms. The van der Waals surface area contributed by atoms with Gasteiger partial charge >= 0.3 is 0 Å². The van der Waals surface area contributed by atoms with Gasteiger partial charge in [-0.3, -0.25) is 0 Å². The Kier molecular flexibility index (Phi) is 3.87. The standard InChI is InChI=1S/C15H22O/c1-12(2)9-10-16-15-8-7-13-5-3-4-6-14(13)11-15/h7-8,11-12H,3-6,9-10H2,1-2H3. The van der Waals surface area contributed by atoms with E-state index in [1.807, 2.05) is 0 Å². The summed E-state index contributed by atoms with van der Waals surface area (Å²) < 4.78 is 5.78. The molecule has 1 heteroatoms. The molecule has 1 aliphatic rings. The summed E-state index contributed by atoms with van der Waals surface area (Å²) >= 11 is 0. The van der Waals surface area contributed by atoms with E-state index in [1.165, 1.54) is 36.8 Å². The first-order chi connectivity index (χ1) is 7.75. The Hall–Kier alpha value is -0.980. The first kappa shape index (κ1) is 11.5. The zero-order valence-electron chi connectivity index (χ0n) is 10.5. The maximum atomic E-state index is 5.78. The van der Waals surface area contributed by atoms with E-state index in [0.29, 0.717) is 0 Å². The van der Waals surface area contributed by atoms with Crippen LogP contribution in [0.5, 0.6) is 5.75 Å². The smallest absolute Gasteiger partial charge is 0.119 e. The summed E-state index contributed by atoms with van der Waals surface area (Å²) in [6.07, 6.45) is 6.30. The van der Waals surface area contributed by atoms with Crippen LogP contribution >= 0.6 is 0 Å². The predicted molar refractivity (Wildman–Crippen MR) is 68.0 cm³/mol. The minimum atomic E-state index is 0.720. The molecule has 0 radical (unpaired) electrons. The van der Waals surface area contributed by atoms with Crippen LogP contribution in [-0.4, -0.2) is 6.61 Å². The van der Waals surface area contributed by atoms with Crippen molar-refractivity contribution in [1.29, 1.82) is 0 Å². The minimum Gasteiger partial charge on any atom is -0.494 e. The first-order valence-electron chi connectivity index (χ1n) is 6.50. The number of rotatable bonds is 4. The number of ether oxygens (including phenoxy) is 1. The maximum Gasteiger partial charge on any atom is 0.119 e. The molecule has 1 aromatic rings. The Balaban J connectivity index is 1.95. The summed E-state index contributed by atoms with van der Waals surface area (Å²) in [6, 6.07) is 6.62. The van der Waals surface area contributed by atoms with E-state index < -0.39 is 0 Å². The molecular weight excluding hydrogens is 196 g/mol. The molecule has 0 N–H and O–H groups in total. The molecule has 88 valence electrons. The molecule has 0 spiro atoms. The van der Waals surface area contributed by atoms with Gasteiger partial charge in [0.25, 0.3) is 0 Å². The average Bonchev–Trinajstić information content (AvgIpc) is 2.28. The number of fused-ring (bicyclic) bond motifs is 1. The minimum absolute atomic E-state index is 0.720. The van der Waals surface area contributed by atoms with Crippen molar-refractivity contribution in [2.75, 3.05) is 6.61 Å². The van der Waals surface area contributed by atoms with Crippen LogP contribution in [0.4, 0.5) is 0 Å². The SMILES string of the molecule is CC(C)CCOc1ccc2c(c1)CCCC2. The third-order valence-electron chi connectivity index (χ3n) is 3.28. The number of benzene rings is 1. The monoisotopic (exact) mass is 218 g/mol. The summed E-state index contributed by atoms with van der Waals surface area (Å²) in [6.45, 7) is 5.31. The van der Waals surface area contributed by atoms with Gasteiger partial charge in [-0.25, -0.2) is 0 Å². The van der Waals surface area contributed by atoms with E-state index in [0.717, 1.165) is 24.7 Å². The van der Waals surface area contributed by atoms with Crippen molar-refractivity contribution in [2.24, 2.45) is 5.92 Å². The fourth-order valence-electron chi connectivity index (χ4n) is 2.21. The van der Waals surface area contributed by atoms with Gasteiger partial charge in [0.2, 0.25) is 0 Å². The second-order valence-electron chi connectivity index (χ2n) is 5.17. The van der Waals surface area contributed by atoms with E-state index in [-0.39, 0.29) is 0 Å². The summed E-state index contributed by atoms with van der Waals surface area (Å²) in [5.41, 5.74) is 3.04. The topological polar surface area (TPSA) is 9.23 Å². The molecule has 2 rings (SSSR count). The van der Waals surface area contributed by atoms with Gasteiger partial charge in [0, 0.05) is 0 Å². The molecule has 0 amide bonds. The summed E-state index contributed by atoms with van der Waals surface area (Å²) in [7, 11) is 0. The van der Waals surface area contributed by atoms with E-state index in [9.17, 15) is 0 Å². The fraction of sp³-hybridized carbons (Fsp3) is 0.600. The van der Waals surface area contributed by atoms with Gasteiger partial charge in [0.1, 0.15) is 5.75 Å². The molecule has 1 aromatic carbocycles. The molecule has 1 aliphatic carbocycles. The molecule has 0 aliphatic heterocycles. The van der Waals surface area contributed by atoms with Crippen molar-refractivity contribution in [2.45, 2.75) is 46.0 Å². The highest BCUT2D eigenvalue weighted by Gasteiger charge is 2.09. The lowest BCUT2D eigenvalue weighted by atomic mass is 9.92. The molecule has 0 saturated carbocycles. The van der Waals surface area contributed by atoms with E-state index in [1.54, 1.807) is 0 Å². The molecule has 0 atom stereocenters. The maximum absolute atomic E-state index is 5.78. The molecule has 0 aromatic heterocycles. The van der Waals surface area contributed by atoms with Crippen LogP contribution in [0.3, 0.4) is 0 Å². The van der Waals surface area contributed by atoms with Gasteiger partial charge in [0.05, 0.1) is 6.61 Å². The lowest BCUT2D eigenvalue weighted by Gasteiger charge is -2.17. The third kappa shape index (κ3) is 3.01. The van der Waals surface area contributed by atoms with Crippen LogP contribution in [-0.2, 0) is 12.8 Å². The lowest BCUT2D eigenvalue weighted by molar-refractivity contribution is 0.289. The molecule has 0 fully saturated rings. The van der Waals surface area contributed by atoms with Crippen LogP contribution in [0.2, 0.25) is 0 Å². The Bertz CT molecular complexity index is 341. The summed E-state index contributed by atoms with van der Waals surface area (Å²) in [5, 5.41) is 0. The van der Waals surface area contributed by atoms with Gasteiger partial charge in [-0.1, -0.05) is 19.9 Å². The second kappa shape index (κ2) is 5.38. The van der Waals surface area contributed by atoms with Crippen molar-refractivity contribution >= 4 is 0 Å². The van der Waals surface area contributed by atoms with Crippen molar-refractivity contribution in [3.8, 4) is 5.75 Å². The van der Waals surface area contributed by atoms with Crippen LogP contribution in [0, 0.1) is 5.92 Å². The van der Waals surface area contributed by atoms with Gasteiger partial charge in [-0.15, -0.1) is 0 Å². The average molecular weight is 218 g/mol. The van der Waals surface area contributed by atoms with E-state index in [2.05, 4.69) is 32.0 Å².